The van der Waals surface area contributed by atoms with Gasteiger partial charge in [0.2, 0.25) is 17.7 Å². The fourth-order valence-electron chi connectivity index (χ4n) is 4.53. The van der Waals surface area contributed by atoms with Crippen LogP contribution in [0.1, 0.15) is 85.5 Å². The third-order valence-electron chi connectivity index (χ3n) is 7.96. The topological polar surface area (TPSA) is 310 Å². The maximum absolute atomic E-state index is 11.7. The van der Waals surface area contributed by atoms with Gasteiger partial charge >= 0.3 is 0 Å². The van der Waals surface area contributed by atoms with Crippen molar-refractivity contribution >= 4 is 23.7 Å². The van der Waals surface area contributed by atoms with E-state index in [1.54, 1.807) is 14.7 Å². The van der Waals surface area contributed by atoms with Crippen molar-refractivity contribution in [3.63, 3.8) is 0 Å². The van der Waals surface area contributed by atoms with E-state index >= 15 is 0 Å². The molecule has 0 unspecified atom stereocenters. The molecule has 0 aromatic rings. The van der Waals surface area contributed by atoms with Crippen molar-refractivity contribution in [1.82, 2.24) is 14.7 Å². The SMILES string of the molecule is CC(=O)O.CCC(=O)N(CCOCCCN)CCOCCCN.CCC(=O)N(CCOCCCN)CCOCCCN.CCC(=O)N(CCOCCCN)CCOCCCN. The van der Waals surface area contributed by atoms with Crippen LogP contribution in [0, 0.1) is 0 Å². The Labute approximate surface area is 368 Å². The lowest BCUT2D eigenvalue weighted by atomic mass is 10.3. The summed E-state index contributed by atoms with van der Waals surface area (Å²) in [6.45, 7) is 21.3. The molecule has 0 radical (unpaired) electrons. The highest BCUT2D eigenvalue weighted by atomic mass is 16.5. The zero-order chi connectivity index (χ0) is 46.6. The number of carboxylic acid groups (broad SMARTS) is 1. The summed E-state index contributed by atoms with van der Waals surface area (Å²) in [5.74, 6) is -0.445. The van der Waals surface area contributed by atoms with Crippen LogP contribution in [0.4, 0.5) is 0 Å². The molecule has 20 heteroatoms. The number of hydrogen-bond donors (Lipinski definition) is 7. The minimum Gasteiger partial charge on any atom is -0.481 e. The molecule has 0 fully saturated rings. The number of nitrogens with two attached hydrogens (primary N) is 6. The number of amides is 3. The Kier molecular flexibility index (Phi) is 59.1. The van der Waals surface area contributed by atoms with Gasteiger partial charge in [-0.15, -0.1) is 0 Å². The third-order valence-corrected chi connectivity index (χ3v) is 7.96. The minimum absolute atomic E-state index is 0.129. The Morgan fingerprint density at radius 1 is 0.361 bits per heavy atom. The van der Waals surface area contributed by atoms with Gasteiger partial charge in [0.25, 0.3) is 5.97 Å². The number of nitrogens with zero attached hydrogens (tertiary/aromatic N) is 3. The predicted molar refractivity (Wildman–Crippen MR) is 241 cm³/mol. The second-order valence-electron chi connectivity index (χ2n) is 13.2. The van der Waals surface area contributed by atoms with Gasteiger partial charge < -0.3 is 82.6 Å². The van der Waals surface area contributed by atoms with Crippen LogP contribution in [0.25, 0.3) is 0 Å². The Balaban J connectivity index is -0.000000381. The van der Waals surface area contributed by atoms with Gasteiger partial charge in [0.15, 0.2) is 0 Å². The molecule has 0 aromatic carbocycles. The number of rotatable bonds is 39. The summed E-state index contributed by atoms with van der Waals surface area (Å²) in [4.78, 5) is 49.5. The number of aliphatic carboxylic acids is 1. The fourth-order valence-corrected chi connectivity index (χ4v) is 4.53. The highest BCUT2D eigenvalue weighted by Crippen LogP contribution is 1.98. The standard InChI is InChI=1S/3C13H29N3O3.C2H4O2/c3*1-2-13(17)16(7-11-18-9-3-5-14)8-12-19-10-4-6-15;1-2(3)4/h3*2-12,14-15H2,1H3;1H3,(H,3,4). The monoisotopic (exact) mass is 886 g/mol. The van der Waals surface area contributed by atoms with Crippen LogP contribution in [-0.2, 0) is 47.6 Å². The smallest absolute Gasteiger partial charge is 0.300 e. The molecule has 0 aromatic heterocycles. The Morgan fingerprint density at radius 2 is 0.508 bits per heavy atom. The van der Waals surface area contributed by atoms with Crippen molar-refractivity contribution in [3.8, 4) is 0 Å². The first kappa shape index (κ1) is 65.0. The average molecular weight is 886 g/mol. The van der Waals surface area contributed by atoms with E-state index in [4.69, 9.17) is 72.7 Å². The molecule has 0 atom stereocenters. The largest absolute Gasteiger partial charge is 0.481 e. The summed E-state index contributed by atoms with van der Waals surface area (Å²) in [6, 6.07) is 0. The molecule has 0 saturated carbocycles. The Hall–Kier alpha value is -2.60. The Bertz CT molecular complexity index is 797. The second-order valence-corrected chi connectivity index (χ2v) is 13.2. The van der Waals surface area contributed by atoms with E-state index in [-0.39, 0.29) is 17.7 Å². The maximum atomic E-state index is 11.7. The van der Waals surface area contributed by atoms with E-state index in [1.165, 1.54) is 0 Å². The molecule has 0 aliphatic carbocycles. The molecular formula is C41H91N9O11. The highest BCUT2D eigenvalue weighted by Gasteiger charge is 2.13. The predicted octanol–water partition coefficient (Wildman–Crippen LogP) is -0.0417. The van der Waals surface area contributed by atoms with Crippen molar-refractivity contribution in [3.05, 3.63) is 0 Å². The van der Waals surface area contributed by atoms with E-state index in [2.05, 4.69) is 0 Å². The first-order valence-electron chi connectivity index (χ1n) is 22.2. The summed E-state index contributed by atoms with van der Waals surface area (Å²) in [5.41, 5.74) is 32.3. The van der Waals surface area contributed by atoms with Gasteiger partial charge in [-0.3, -0.25) is 19.2 Å². The maximum Gasteiger partial charge on any atom is 0.300 e. The zero-order valence-electron chi connectivity index (χ0n) is 38.7. The molecule has 366 valence electrons. The van der Waals surface area contributed by atoms with E-state index < -0.39 is 5.97 Å². The highest BCUT2D eigenvalue weighted by molar-refractivity contribution is 5.76. The fraction of sp³-hybridized carbons (Fsp3) is 0.902. The molecule has 0 spiro atoms. The molecule has 0 rings (SSSR count). The summed E-state index contributed by atoms with van der Waals surface area (Å²) < 4.78 is 32.5. The van der Waals surface area contributed by atoms with Crippen molar-refractivity contribution in [2.45, 2.75) is 85.5 Å². The number of hydrogen-bond acceptors (Lipinski definition) is 16. The molecule has 3 amide bonds. The number of carbonyl (C=O) groups excluding carboxylic acids is 3. The molecule has 0 aliphatic heterocycles. The van der Waals surface area contributed by atoms with Crippen LogP contribution in [0.5, 0.6) is 0 Å². The van der Waals surface area contributed by atoms with Crippen LogP contribution in [0.15, 0.2) is 0 Å². The summed E-state index contributed by atoms with van der Waals surface area (Å²) in [6.07, 6.45) is 6.62. The van der Waals surface area contributed by atoms with E-state index in [9.17, 15) is 14.4 Å². The molecule has 0 bridgehead atoms. The summed E-state index contributed by atoms with van der Waals surface area (Å²) in [5, 5.41) is 7.42. The number of ether oxygens (including phenoxy) is 6. The second kappa shape index (κ2) is 55.4. The van der Waals surface area contributed by atoms with Crippen LogP contribution in [-0.4, -0.2) is 201 Å². The summed E-state index contributed by atoms with van der Waals surface area (Å²) in [7, 11) is 0. The minimum atomic E-state index is -0.833. The molecule has 61 heavy (non-hydrogen) atoms. The zero-order valence-corrected chi connectivity index (χ0v) is 38.7. The number of carboxylic acids is 1. The number of carbonyl (C=O) groups is 4. The van der Waals surface area contributed by atoms with E-state index in [1.807, 2.05) is 20.8 Å². The molecule has 0 heterocycles. The molecule has 0 saturated heterocycles. The summed E-state index contributed by atoms with van der Waals surface area (Å²) >= 11 is 0. The van der Waals surface area contributed by atoms with Gasteiger partial charge in [0, 0.05) is 105 Å². The van der Waals surface area contributed by atoms with Gasteiger partial charge in [-0.2, -0.15) is 0 Å². The van der Waals surface area contributed by atoms with Crippen molar-refractivity contribution in [1.29, 1.82) is 0 Å². The van der Waals surface area contributed by atoms with Crippen molar-refractivity contribution in [2.24, 2.45) is 34.4 Å². The normalized spacial score (nSPS) is 10.4. The molecule has 13 N–H and O–H groups in total. The van der Waals surface area contributed by atoms with Gasteiger partial charge in [-0.1, -0.05) is 20.8 Å². The average Bonchev–Trinajstić information content (AvgIpc) is 3.25. The third kappa shape index (κ3) is 53.5. The lowest BCUT2D eigenvalue weighted by Crippen LogP contribution is -2.36. The van der Waals surface area contributed by atoms with Crippen LogP contribution < -0.4 is 34.4 Å². The van der Waals surface area contributed by atoms with Gasteiger partial charge in [0.05, 0.1) is 39.6 Å². The van der Waals surface area contributed by atoms with Gasteiger partial charge in [-0.25, -0.2) is 0 Å². The van der Waals surface area contributed by atoms with Crippen molar-refractivity contribution < 1.29 is 52.7 Å². The van der Waals surface area contributed by atoms with E-state index in [0.29, 0.717) is 177 Å². The van der Waals surface area contributed by atoms with Crippen LogP contribution in [0.3, 0.4) is 0 Å². The first-order chi connectivity index (χ1) is 29.5. The van der Waals surface area contributed by atoms with Crippen LogP contribution >= 0.6 is 0 Å². The lowest BCUT2D eigenvalue weighted by molar-refractivity contribution is -0.135. The molecule has 20 nitrogen and oxygen atoms in total. The Morgan fingerprint density at radius 3 is 0.623 bits per heavy atom. The van der Waals surface area contributed by atoms with Crippen molar-refractivity contribution in [2.75, 3.05) is 158 Å². The lowest BCUT2D eigenvalue weighted by Gasteiger charge is -2.22. The quantitative estimate of drug-likeness (QED) is 0.0398. The van der Waals surface area contributed by atoms with Gasteiger partial charge in [0.1, 0.15) is 0 Å². The molecule has 0 aliphatic rings. The van der Waals surface area contributed by atoms with Crippen LogP contribution in [0.2, 0.25) is 0 Å². The van der Waals surface area contributed by atoms with E-state index in [0.717, 1.165) is 45.4 Å². The first-order valence-corrected chi connectivity index (χ1v) is 22.2. The molecular weight excluding hydrogens is 795 g/mol. The van der Waals surface area contributed by atoms with Gasteiger partial charge in [-0.05, 0) is 77.8 Å².